The molecule has 1 atom stereocenters. The van der Waals surface area contributed by atoms with Crippen LogP contribution in [0, 0.1) is 19.7 Å². The van der Waals surface area contributed by atoms with Crippen molar-refractivity contribution in [1.82, 2.24) is 20.0 Å². The lowest BCUT2D eigenvalue weighted by atomic mass is 10.1. The summed E-state index contributed by atoms with van der Waals surface area (Å²) in [4.78, 5) is 20.7. The van der Waals surface area contributed by atoms with E-state index in [-0.39, 0.29) is 11.9 Å². The zero-order valence-corrected chi connectivity index (χ0v) is 20.4. The van der Waals surface area contributed by atoms with Crippen LogP contribution in [0.15, 0.2) is 54.6 Å². The summed E-state index contributed by atoms with van der Waals surface area (Å²) in [6.45, 7) is 9.22. The third-order valence-electron chi connectivity index (χ3n) is 5.84. The molecule has 2 heterocycles. The molecule has 1 fully saturated rings. The van der Waals surface area contributed by atoms with Crippen LogP contribution >= 0.6 is 0 Å². The highest BCUT2D eigenvalue weighted by Gasteiger charge is 2.21. The number of carboxylic acid groups (broad SMARTS) is 2. The molecule has 0 amide bonds. The molecular weight excluding hydrogens is 467 g/mol. The number of aryl methyl sites for hydroxylation is 1. The standard InChI is InChI=1S/C24H29FN4O.C2H2O4/c1-18-24(19(2)29(27-18)22-10-8-21(25)9-11-22)15-26-14-23-17-28(12-13-30-23)16-20-6-4-3-5-7-20;3-1(4)2(5)6/h3-11,23,26H,12-17H2,1-2H3;(H,3,4)(H,5,6). The van der Waals surface area contributed by atoms with Crippen LogP contribution in [0.4, 0.5) is 4.39 Å². The van der Waals surface area contributed by atoms with E-state index in [2.05, 4.69) is 52.6 Å². The highest BCUT2D eigenvalue weighted by atomic mass is 19.1. The van der Waals surface area contributed by atoms with Crippen molar-refractivity contribution >= 4 is 11.9 Å². The molecule has 0 saturated carbocycles. The van der Waals surface area contributed by atoms with Crippen LogP contribution in [0.5, 0.6) is 0 Å². The smallest absolute Gasteiger partial charge is 0.414 e. The van der Waals surface area contributed by atoms with Crippen LogP contribution < -0.4 is 5.32 Å². The largest absolute Gasteiger partial charge is 0.473 e. The maximum atomic E-state index is 13.2. The average molecular weight is 499 g/mol. The Morgan fingerprint density at radius 1 is 1.08 bits per heavy atom. The van der Waals surface area contributed by atoms with Gasteiger partial charge in [-0.3, -0.25) is 4.90 Å². The molecule has 1 aromatic heterocycles. The summed E-state index contributed by atoms with van der Waals surface area (Å²) in [5, 5.41) is 23.0. The Morgan fingerprint density at radius 2 is 1.75 bits per heavy atom. The normalized spacial score (nSPS) is 15.7. The number of morpholine rings is 1. The van der Waals surface area contributed by atoms with Gasteiger partial charge in [0.25, 0.3) is 0 Å². The van der Waals surface area contributed by atoms with Crippen LogP contribution in [0.2, 0.25) is 0 Å². The number of carbonyl (C=O) groups is 2. The molecule has 1 saturated heterocycles. The monoisotopic (exact) mass is 498 g/mol. The quantitative estimate of drug-likeness (QED) is 0.426. The third kappa shape index (κ3) is 7.70. The molecule has 3 N–H and O–H groups in total. The Bertz CT molecular complexity index is 1140. The number of rotatable bonds is 7. The molecule has 1 aliphatic heterocycles. The summed E-state index contributed by atoms with van der Waals surface area (Å²) in [5.41, 5.74) is 5.44. The van der Waals surface area contributed by atoms with Crippen molar-refractivity contribution in [3.05, 3.63) is 82.9 Å². The lowest BCUT2D eigenvalue weighted by molar-refractivity contribution is -0.159. The Kier molecular flexibility index (Phi) is 9.69. The van der Waals surface area contributed by atoms with Crippen molar-refractivity contribution in [2.24, 2.45) is 0 Å². The number of aliphatic carboxylic acids is 2. The number of nitrogens with one attached hydrogen (secondary N) is 1. The van der Waals surface area contributed by atoms with E-state index in [1.54, 1.807) is 12.1 Å². The van der Waals surface area contributed by atoms with Gasteiger partial charge < -0.3 is 20.3 Å². The van der Waals surface area contributed by atoms with Crippen LogP contribution in [-0.4, -0.2) is 69.2 Å². The second-order valence-electron chi connectivity index (χ2n) is 8.49. The van der Waals surface area contributed by atoms with Gasteiger partial charge in [0.1, 0.15) is 5.82 Å². The van der Waals surface area contributed by atoms with E-state index in [1.165, 1.54) is 23.3 Å². The summed E-state index contributed by atoms with van der Waals surface area (Å²) in [6, 6.07) is 17.0. The fourth-order valence-electron chi connectivity index (χ4n) is 4.01. The van der Waals surface area contributed by atoms with Crippen molar-refractivity contribution in [2.75, 3.05) is 26.2 Å². The first-order valence-corrected chi connectivity index (χ1v) is 11.6. The molecule has 1 aliphatic rings. The minimum absolute atomic E-state index is 0.176. The third-order valence-corrected chi connectivity index (χ3v) is 5.84. The maximum Gasteiger partial charge on any atom is 0.414 e. The molecule has 4 rings (SSSR count). The molecule has 3 aromatic rings. The molecule has 36 heavy (non-hydrogen) atoms. The number of halogens is 1. The fourth-order valence-corrected chi connectivity index (χ4v) is 4.01. The average Bonchev–Trinajstić information content (AvgIpc) is 3.14. The topological polar surface area (TPSA) is 117 Å². The van der Waals surface area contributed by atoms with Crippen molar-refractivity contribution in [2.45, 2.75) is 33.0 Å². The van der Waals surface area contributed by atoms with Gasteiger partial charge in [0.15, 0.2) is 0 Å². The summed E-state index contributed by atoms with van der Waals surface area (Å²) in [6.07, 6.45) is 0.176. The van der Waals surface area contributed by atoms with E-state index in [0.29, 0.717) is 0 Å². The van der Waals surface area contributed by atoms with E-state index in [4.69, 9.17) is 24.5 Å². The zero-order valence-electron chi connectivity index (χ0n) is 20.4. The van der Waals surface area contributed by atoms with Gasteiger partial charge in [-0.2, -0.15) is 5.10 Å². The maximum absolute atomic E-state index is 13.2. The number of benzene rings is 2. The van der Waals surface area contributed by atoms with E-state index < -0.39 is 11.9 Å². The van der Waals surface area contributed by atoms with Crippen LogP contribution in [0.25, 0.3) is 5.69 Å². The van der Waals surface area contributed by atoms with Crippen LogP contribution in [0.1, 0.15) is 22.5 Å². The van der Waals surface area contributed by atoms with Gasteiger partial charge in [-0.15, -0.1) is 0 Å². The molecule has 1 unspecified atom stereocenters. The Morgan fingerprint density at radius 3 is 2.39 bits per heavy atom. The second kappa shape index (κ2) is 12.9. The first kappa shape index (κ1) is 27.0. The first-order chi connectivity index (χ1) is 17.2. The van der Waals surface area contributed by atoms with Gasteiger partial charge in [0, 0.05) is 44.0 Å². The number of aromatic nitrogens is 2. The number of nitrogens with zero attached hydrogens (tertiary/aromatic N) is 3. The summed E-state index contributed by atoms with van der Waals surface area (Å²) >= 11 is 0. The highest BCUT2D eigenvalue weighted by molar-refractivity contribution is 6.27. The molecule has 0 bridgehead atoms. The van der Waals surface area contributed by atoms with E-state index in [9.17, 15) is 4.39 Å². The molecule has 2 aromatic carbocycles. The predicted octanol–water partition coefficient (Wildman–Crippen LogP) is 2.77. The van der Waals surface area contributed by atoms with E-state index in [0.717, 1.165) is 56.4 Å². The number of hydrogen-bond acceptors (Lipinski definition) is 6. The number of carboxylic acids is 2. The number of hydrogen-bond donors (Lipinski definition) is 3. The Balaban J connectivity index is 0.000000538. The van der Waals surface area contributed by atoms with Gasteiger partial charge in [-0.1, -0.05) is 30.3 Å². The lowest BCUT2D eigenvalue weighted by Gasteiger charge is -2.33. The SMILES string of the molecule is Cc1nn(-c2ccc(F)cc2)c(C)c1CNCC1CN(Cc2ccccc2)CCO1.O=C(O)C(=O)O. The van der Waals surface area contributed by atoms with Crippen molar-refractivity contribution in [1.29, 1.82) is 0 Å². The molecule has 0 aliphatic carbocycles. The summed E-state index contributed by atoms with van der Waals surface area (Å²) < 4.78 is 21.1. The van der Waals surface area contributed by atoms with E-state index in [1.807, 2.05) is 11.6 Å². The second-order valence-corrected chi connectivity index (χ2v) is 8.49. The van der Waals surface area contributed by atoms with Crippen molar-refractivity contribution < 1.29 is 28.9 Å². The minimum atomic E-state index is -1.82. The molecule has 9 nitrogen and oxygen atoms in total. The lowest BCUT2D eigenvalue weighted by Crippen LogP contribution is -2.46. The van der Waals surface area contributed by atoms with Gasteiger partial charge in [0.05, 0.1) is 24.1 Å². The van der Waals surface area contributed by atoms with Gasteiger partial charge >= 0.3 is 11.9 Å². The predicted molar refractivity (Wildman–Crippen MR) is 131 cm³/mol. The summed E-state index contributed by atoms with van der Waals surface area (Å²) in [7, 11) is 0. The minimum Gasteiger partial charge on any atom is -0.473 e. The molecule has 192 valence electrons. The highest BCUT2D eigenvalue weighted by Crippen LogP contribution is 2.18. The van der Waals surface area contributed by atoms with Gasteiger partial charge in [-0.05, 0) is 43.7 Å². The first-order valence-electron chi connectivity index (χ1n) is 11.6. The van der Waals surface area contributed by atoms with Gasteiger partial charge in [-0.25, -0.2) is 18.7 Å². The van der Waals surface area contributed by atoms with E-state index >= 15 is 0 Å². The Labute approximate surface area is 209 Å². The molecule has 0 spiro atoms. The molecular formula is C26H31FN4O5. The van der Waals surface area contributed by atoms with Crippen molar-refractivity contribution in [3.8, 4) is 5.69 Å². The molecule has 0 radical (unpaired) electrons. The fraction of sp³-hybridized carbons (Fsp3) is 0.346. The zero-order chi connectivity index (χ0) is 26.1. The van der Waals surface area contributed by atoms with Gasteiger partial charge in [0.2, 0.25) is 0 Å². The molecule has 10 heteroatoms. The number of ether oxygens (including phenoxy) is 1. The van der Waals surface area contributed by atoms with Crippen LogP contribution in [0.3, 0.4) is 0 Å². The summed E-state index contributed by atoms with van der Waals surface area (Å²) in [5.74, 6) is -3.89. The van der Waals surface area contributed by atoms with Crippen LogP contribution in [-0.2, 0) is 27.4 Å². The van der Waals surface area contributed by atoms with Crippen molar-refractivity contribution in [3.63, 3.8) is 0 Å². The Hall–Kier alpha value is -3.60.